The van der Waals surface area contributed by atoms with E-state index >= 15 is 0 Å². The third-order valence-electron chi connectivity index (χ3n) is 12.9. The third kappa shape index (κ3) is 7.44. The summed E-state index contributed by atoms with van der Waals surface area (Å²) in [6.07, 6.45) is 0. The lowest BCUT2D eigenvalue weighted by molar-refractivity contribution is 0.865. The minimum Gasteiger partial charge on any atom is -0.310 e. The summed E-state index contributed by atoms with van der Waals surface area (Å²) in [6.45, 7) is 27.6. The van der Waals surface area contributed by atoms with Gasteiger partial charge >= 0.3 is 0 Å². The molecule has 0 unspecified atom stereocenters. The maximum absolute atomic E-state index is 2.51. The third-order valence-corrected chi connectivity index (χ3v) is 12.9. The van der Waals surface area contributed by atoms with E-state index in [0.29, 0.717) is 35.5 Å². The molecule has 0 saturated heterocycles. The summed E-state index contributed by atoms with van der Waals surface area (Å²) in [4.78, 5) is 5.02. The average Bonchev–Trinajstić information content (AvgIpc) is 3.24. The standard InChI is InChI=1S/C58H64N2/c1-35(2)41-13-21-45(22-14-41)59(46-23-15-42(16-24-46)36(3)4)55-33-53(39(9)10)49-30-32-52-56(34-54(40(11)12)50-29-31-51(55)57(49)58(50)52)60(47-25-17-43(18-26-47)37(5)6)48-27-19-44(20-28-48)38(7)8/h13-40H,1-12H3. The predicted octanol–water partition coefficient (Wildman–Crippen LogP) is 18.3. The molecule has 8 aromatic carbocycles. The molecule has 0 aliphatic rings. The average molecular weight is 789 g/mol. The SMILES string of the molecule is CC(C)c1ccc(N(c2ccc(C(C)C)cc2)c2cc(C(C)C)c3ccc4c(N(c5ccc(C(C)C)cc5)c5ccc(C(C)C)cc5)cc(C(C)C)c5ccc2c3c54)cc1. The molecule has 0 aliphatic heterocycles. The van der Waals surface area contributed by atoms with Crippen LogP contribution in [0.15, 0.2) is 133 Å². The van der Waals surface area contributed by atoms with Gasteiger partial charge in [0.05, 0.1) is 11.4 Å². The van der Waals surface area contributed by atoms with Crippen LogP contribution in [0.4, 0.5) is 34.1 Å². The number of hydrogen-bond donors (Lipinski definition) is 0. The highest BCUT2D eigenvalue weighted by molar-refractivity contribution is 6.29. The molecule has 0 aromatic heterocycles. The Balaban J connectivity index is 1.47. The van der Waals surface area contributed by atoms with Gasteiger partial charge in [0.15, 0.2) is 0 Å². The zero-order valence-corrected chi connectivity index (χ0v) is 38.1. The molecule has 8 aromatic rings. The fourth-order valence-corrected chi connectivity index (χ4v) is 9.22. The highest BCUT2D eigenvalue weighted by atomic mass is 15.1. The van der Waals surface area contributed by atoms with Gasteiger partial charge in [-0.25, -0.2) is 0 Å². The first kappa shape index (κ1) is 41.1. The van der Waals surface area contributed by atoms with E-state index < -0.39 is 0 Å². The highest BCUT2D eigenvalue weighted by Crippen LogP contribution is 2.51. The molecule has 2 heteroatoms. The van der Waals surface area contributed by atoms with E-state index in [1.54, 1.807) is 0 Å². The second-order valence-electron chi connectivity index (χ2n) is 19.0. The lowest BCUT2D eigenvalue weighted by Crippen LogP contribution is -2.13. The van der Waals surface area contributed by atoms with Gasteiger partial charge in [-0.2, -0.15) is 0 Å². The minimum absolute atomic E-state index is 0.321. The molecular formula is C58H64N2. The lowest BCUT2D eigenvalue weighted by Gasteiger charge is -2.32. The number of nitrogens with zero attached hydrogens (tertiary/aromatic N) is 2. The molecule has 8 rings (SSSR count). The van der Waals surface area contributed by atoms with Crippen molar-refractivity contribution in [1.29, 1.82) is 0 Å². The van der Waals surface area contributed by atoms with Crippen LogP contribution in [-0.4, -0.2) is 0 Å². The van der Waals surface area contributed by atoms with Gasteiger partial charge in [-0.05, 0) is 151 Å². The van der Waals surface area contributed by atoms with E-state index in [0.717, 1.165) is 0 Å². The van der Waals surface area contributed by atoms with Crippen LogP contribution < -0.4 is 9.80 Å². The molecule has 2 nitrogen and oxygen atoms in total. The van der Waals surface area contributed by atoms with E-state index in [1.807, 2.05) is 0 Å². The molecule has 0 radical (unpaired) electrons. The minimum atomic E-state index is 0.321. The monoisotopic (exact) mass is 789 g/mol. The largest absolute Gasteiger partial charge is 0.310 e. The van der Waals surface area contributed by atoms with Crippen LogP contribution in [0.25, 0.3) is 32.3 Å². The van der Waals surface area contributed by atoms with Crippen molar-refractivity contribution in [2.24, 2.45) is 0 Å². The number of hydrogen-bond acceptors (Lipinski definition) is 2. The summed E-state index contributed by atoms with van der Waals surface area (Å²) in [5.74, 6) is 2.49. The summed E-state index contributed by atoms with van der Waals surface area (Å²) >= 11 is 0. The second-order valence-corrected chi connectivity index (χ2v) is 19.0. The van der Waals surface area contributed by atoms with Gasteiger partial charge in [0.1, 0.15) is 0 Å². The van der Waals surface area contributed by atoms with Crippen molar-refractivity contribution >= 4 is 66.4 Å². The summed E-state index contributed by atoms with van der Waals surface area (Å²) in [6, 6.07) is 51.7. The van der Waals surface area contributed by atoms with Crippen LogP contribution in [0.2, 0.25) is 0 Å². The van der Waals surface area contributed by atoms with Crippen molar-refractivity contribution in [2.75, 3.05) is 9.80 Å². The second kappa shape index (κ2) is 16.5. The molecule has 0 amide bonds. The van der Waals surface area contributed by atoms with Crippen molar-refractivity contribution < 1.29 is 0 Å². The highest BCUT2D eigenvalue weighted by Gasteiger charge is 2.26. The number of anilines is 6. The van der Waals surface area contributed by atoms with Gasteiger partial charge in [-0.1, -0.05) is 156 Å². The van der Waals surface area contributed by atoms with Crippen molar-refractivity contribution in [2.45, 2.75) is 119 Å². The van der Waals surface area contributed by atoms with Crippen molar-refractivity contribution in [3.63, 3.8) is 0 Å². The Morgan fingerprint density at radius 3 is 0.717 bits per heavy atom. The zero-order chi connectivity index (χ0) is 42.6. The first-order valence-corrected chi connectivity index (χ1v) is 22.5. The van der Waals surface area contributed by atoms with Gasteiger partial charge in [-0.3, -0.25) is 0 Å². The van der Waals surface area contributed by atoms with Crippen molar-refractivity contribution in [3.8, 4) is 0 Å². The normalized spacial score (nSPS) is 12.2. The summed E-state index contributed by atoms with van der Waals surface area (Å²) in [7, 11) is 0. The van der Waals surface area contributed by atoms with Gasteiger partial charge in [-0.15, -0.1) is 0 Å². The van der Waals surface area contributed by atoms with Crippen LogP contribution in [0.5, 0.6) is 0 Å². The van der Waals surface area contributed by atoms with Gasteiger partial charge < -0.3 is 9.80 Å². The Bertz CT molecular complexity index is 2430. The first-order valence-electron chi connectivity index (χ1n) is 22.5. The summed E-state index contributed by atoms with van der Waals surface area (Å²) < 4.78 is 0. The Labute approximate surface area is 360 Å². The molecule has 0 heterocycles. The van der Waals surface area contributed by atoms with Crippen LogP contribution in [0, 0.1) is 0 Å². The quantitative estimate of drug-likeness (QED) is 0.114. The summed E-state index contributed by atoms with van der Waals surface area (Å²) in [5.41, 5.74) is 15.3. The first-order chi connectivity index (χ1) is 28.7. The molecule has 306 valence electrons. The van der Waals surface area contributed by atoms with E-state index in [1.165, 1.54) is 99.8 Å². The molecule has 60 heavy (non-hydrogen) atoms. The molecule has 0 saturated carbocycles. The van der Waals surface area contributed by atoms with E-state index in [4.69, 9.17) is 0 Å². The molecule has 0 bridgehead atoms. The van der Waals surface area contributed by atoms with E-state index in [-0.39, 0.29) is 0 Å². The maximum Gasteiger partial charge on any atom is 0.0543 e. The molecular weight excluding hydrogens is 725 g/mol. The van der Waals surface area contributed by atoms with E-state index in [9.17, 15) is 0 Å². The Morgan fingerprint density at radius 2 is 0.500 bits per heavy atom. The Morgan fingerprint density at radius 1 is 0.267 bits per heavy atom. The zero-order valence-electron chi connectivity index (χ0n) is 38.1. The topological polar surface area (TPSA) is 6.48 Å². The van der Waals surface area contributed by atoms with Gasteiger partial charge in [0.25, 0.3) is 0 Å². The summed E-state index contributed by atoms with van der Waals surface area (Å²) in [5, 5.41) is 7.93. The van der Waals surface area contributed by atoms with Crippen molar-refractivity contribution in [3.05, 3.63) is 167 Å². The predicted molar refractivity (Wildman–Crippen MR) is 264 cm³/mol. The van der Waals surface area contributed by atoms with Crippen LogP contribution in [-0.2, 0) is 0 Å². The Kier molecular flexibility index (Phi) is 11.3. The molecule has 0 aliphatic carbocycles. The van der Waals surface area contributed by atoms with Gasteiger partial charge in [0, 0.05) is 33.5 Å². The lowest BCUT2D eigenvalue weighted by atomic mass is 9.84. The van der Waals surface area contributed by atoms with Crippen LogP contribution in [0.1, 0.15) is 152 Å². The number of benzene rings is 8. The van der Waals surface area contributed by atoms with Gasteiger partial charge in [0.2, 0.25) is 0 Å². The Hall–Kier alpha value is -5.60. The molecule has 0 spiro atoms. The number of rotatable bonds is 12. The van der Waals surface area contributed by atoms with Crippen LogP contribution >= 0.6 is 0 Å². The smallest absolute Gasteiger partial charge is 0.0543 e. The van der Waals surface area contributed by atoms with E-state index in [2.05, 4.69) is 226 Å². The maximum atomic E-state index is 2.51. The molecule has 0 N–H and O–H groups in total. The van der Waals surface area contributed by atoms with Crippen molar-refractivity contribution in [1.82, 2.24) is 0 Å². The van der Waals surface area contributed by atoms with Crippen LogP contribution in [0.3, 0.4) is 0 Å². The fourth-order valence-electron chi connectivity index (χ4n) is 9.22. The fraction of sp³-hybridized carbons (Fsp3) is 0.310. The molecule has 0 fully saturated rings. The molecule has 0 atom stereocenters.